The van der Waals surface area contributed by atoms with Crippen molar-refractivity contribution in [3.63, 3.8) is 0 Å². The minimum atomic E-state index is 0.192. The molecule has 1 unspecified atom stereocenters. The summed E-state index contributed by atoms with van der Waals surface area (Å²) >= 11 is 0. The standard InChI is InChI=1S/C14H30N2O/c1-14(2,3)15-11-13(12-17-4)16-9-7-5-6-8-10-16/h13,15H,5-12H2,1-4H3. The zero-order chi connectivity index (χ0) is 12.7. The molecule has 0 amide bonds. The summed E-state index contributed by atoms with van der Waals surface area (Å²) in [5, 5.41) is 3.60. The average molecular weight is 242 g/mol. The van der Waals surface area contributed by atoms with Crippen molar-refractivity contribution < 1.29 is 4.74 Å². The smallest absolute Gasteiger partial charge is 0.0630 e. The molecule has 3 heteroatoms. The average Bonchev–Trinajstić information content (AvgIpc) is 2.51. The highest BCUT2D eigenvalue weighted by Crippen LogP contribution is 2.13. The molecule has 1 rings (SSSR count). The van der Waals surface area contributed by atoms with Crippen molar-refractivity contribution in [2.75, 3.05) is 33.4 Å². The minimum Gasteiger partial charge on any atom is -0.383 e. The maximum Gasteiger partial charge on any atom is 0.0630 e. The van der Waals surface area contributed by atoms with Crippen LogP contribution in [0.2, 0.25) is 0 Å². The Labute approximate surface area is 107 Å². The molecule has 0 radical (unpaired) electrons. The number of hydrogen-bond acceptors (Lipinski definition) is 3. The first-order valence-electron chi connectivity index (χ1n) is 7.01. The van der Waals surface area contributed by atoms with Gasteiger partial charge in [0.25, 0.3) is 0 Å². The first-order valence-corrected chi connectivity index (χ1v) is 7.01. The lowest BCUT2D eigenvalue weighted by atomic mass is 10.1. The van der Waals surface area contributed by atoms with Gasteiger partial charge in [-0.2, -0.15) is 0 Å². The summed E-state index contributed by atoms with van der Waals surface area (Å²) in [4.78, 5) is 2.61. The van der Waals surface area contributed by atoms with E-state index in [0.29, 0.717) is 6.04 Å². The van der Waals surface area contributed by atoms with Gasteiger partial charge in [-0.1, -0.05) is 12.8 Å². The van der Waals surface area contributed by atoms with E-state index in [1.165, 1.54) is 38.8 Å². The van der Waals surface area contributed by atoms with Crippen LogP contribution in [0, 0.1) is 0 Å². The van der Waals surface area contributed by atoms with E-state index < -0.39 is 0 Å². The Hall–Kier alpha value is -0.120. The second-order valence-corrected chi connectivity index (χ2v) is 6.19. The largest absolute Gasteiger partial charge is 0.383 e. The number of methoxy groups -OCH3 is 1. The van der Waals surface area contributed by atoms with Crippen molar-refractivity contribution in [1.82, 2.24) is 10.2 Å². The zero-order valence-electron chi connectivity index (χ0n) is 12.1. The monoisotopic (exact) mass is 242 g/mol. The molecule has 0 saturated carbocycles. The number of rotatable bonds is 5. The molecule has 1 aliphatic rings. The number of ether oxygens (including phenoxy) is 1. The molecular weight excluding hydrogens is 212 g/mol. The van der Waals surface area contributed by atoms with E-state index in [-0.39, 0.29) is 5.54 Å². The quantitative estimate of drug-likeness (QED) is 0.800. The Morgan fingerprint density at radius 3 is 2.18 bits per heavy atom. The molecule has 0 aromatic heterocycles. The second-order valence-electron chi connectivity index (χ2n) is 6.19. The summed E-state index contributed by atoms with van der Waals surface area (Å²) in [5.74, 6) is 0. The maximum atomic E-state index is 5.38. The molecule has 1 atom stereocenters. The molecule has 17 heavy (non-hydrogen) atoms. The molecule has 102 valence electrons. The summed E-state index contributed by atoms with van der Waals surface area (Å²) < 4.78 is 5.38. The van der Waals surface area contributed by atoms with Crippen molar-refractivity contribution in [3.05, 3.63) is 0 Å². The summed E-state index contributed by atoms with van der Waals surface area (Å²) in [6, 6.07) is 0.525. The van der Waals surface area contributed by atoms with Gasteiger partial charge in [0, 0.05) is 25.2 Å². The fraction of sp³-hybridized carbons (Fsp3) is 1.00. The molecule has 0 aromatic carbocycles. The van der Waals surface area contributed by atoms with Crippen LogP contribution in [-0.4, -0.2) is 49.8 Å². The Balaban J connectivity index is 2.44. The Bertz CT molecular complexity index is 193. The normalized spacial score (nSPS) is 21.2. The van der Waals surface area contributed by atoms with E-state index in [4.69, 9.17) is 4.74 Å². The first-order chi connectivity index (χ1) is 8.03. The molecule has 1 heterocycles. The molecule has 0 aromatic rings. The SMILES string of the molecule is COCC(CNC(C)(C)C)N1CCCCCC1. The van der Waals surface area contributed by atoms with Gasteiger partial charge in [0.1, 0.15) is 0 Å². The topological polar surface area (TPSA) is 24.5 Å². The van der Waals surface area contributed by atoms with Crippen LogP contribution < -0.4 is 5.32 Å². The Morgan fingerprint density at radius 2 is 1.71 bits per heavy atom. The van der Waals surface area contributed by atoms with E-state index in [1.54, 1.807) is 0 Å². The van der Waals surface area contributed by atoms with Gasteiger partial charge in [-0.15, -0.1) is 0 Å². The Kier molecular flexibility index (Phi) is 6.45. The highest BCUT2D eigenvalue weighted by atomic mass is 16.5. The molecule has 1 saturated heterocycles. The minimum absolute atomic E-state index is 0.192. The van der Waals surface area contributed by atoms with Crippen LogP contribution in [0.25, 0.3) is 0 Å². The predicted octanol–water partition coefficient (Wildman–Crippen LogP) is 2.27. The van der Waals surface area contributed by atoms with E-state index in [2.05, 4.69) is 31.0 Å². The van der Waals surface area contributed by atoms with Gasteiger partial charge in [-0.05, 0) is 46.7 Å². The van der Waals surface area contributed by atoms with Gasteiger partial charge >= 0.3 is 0 Å². The zero-order valence-corrected chi connectivity index (χ0v) is 12.1. The van der Waals surface area contributed by atoms with Crippen LogP contribution in [0.3, 0.4) is 0 Å². The highest BCUT2D eigenvalue weighted by molar-refractivity contribution is 4.80. The fourth-order valence-corrected chi connectivity index (χ4v) is 2.37. The molecule has 3 nitrogen and oxygen atoms in total. The lowest BCUT2D eigenvalue weighted by Gasteiger charge is -2.33. The molecular formula is C14H30N2O. The molecule has 0 spiro atoms. The van der Waals surface area contributed by atoms with Crippen molar-refractivity contribution in [1.29, 1.82) is 0 Å². The van der Waals surface area contributed by atoms with Crippen molar-refractivity contribution in [3.8, 4) is 0 Å². The third-order valence-corrected chi connectivity index (χ3v) is 3.38. The summed E-state index contributed by atoms with van der Waals surface area (Å²) in [7, 11) is 1.81. The summed E-state index contributed by atoms with van der Waals surface area (Å²) in [6.07, 6.45) is 5.47. The van der Waals surface area contributed by atoms with Crippen LogP contribution in [0.4, 0.5) is 0 Å². The van der Waals surface area contributed by atoms with Gasteiger partial charge in [-0.25, -0.2) is 0 Å². The number of nitrogens with zero attached hydrogens (tertiary/aromatic N) is 1. The molecule has 1 aliphatic heterocycles. The molecule has 1 fully saturated rings. The molecule has 0 aliphatic carbocycles. The van der Waals surface area contributed by atoms with E-state index in [9.17, 15) is 0 Å². The van der Waals surface area contributed by atoms with E-state index in [1.807, 2.05) is 7.11 Å². The lowest BCUT2D eigenvalue weighted by Crippen LogP contribution is -2.49. The predicted molar refractivity (Wildman–Crippen MR) is 73.5 cm³/mol. The van der Waals surface area contributed by atoms with Gasteiger partial charge in [-0.3, -0.25) is 4.90 Å². The lowest BCUT2D eigenvalue weighted by molar-refractivity contribution is 0.0874. The summed E-state index contributed by atoms with van der Waals surface area (Å²) in [5.41, 5.74) is 0.192. The third-order valence-electron chi connectivity index (χ3n) is 3.38. The second kappa shape index (κ2) is 7.34. The van der Waals surface area contributed by atoms with Crippen molar-refractivity contribution >= 4 is 0 Å². The van der Waals surface area contributed by atoms with E-state index in [0.717, 1.165) is 13.2 Å². The van der Waals surface area contributed by atoms with Crippen molar-refractivity contribution in [2.45, 2.75) is 58.0 Å². The van der Waals surface area contributed by atoms with Gasteiger partial charge in [0.05, 0.1) is 6.61 Å². The summed E-state index contributed by atoms with van der Waals surface area (Å²) in [6.45, 7) is 11.0. The number of nitrogens with one attached hydrogen (secondary N) is 1. The van der Waals surface area contributed by atoms with Crippen molar-refractivity contribution in [2.24, 2.45) is 0 Å². The van der Waals surface area contributed by atoms with Crippen LogP contribution in [0.1, 0.15) is 46.5 Å². The number of likely N-dealkylation sites (tertiary alicyclic amines) is 1. The van der Waals surface area contributed by atoms with E-state index >= 15 is 0 Å². The molecule has 1 N–H and O–H groups in total. The van der Waals surface area contributed by atoms with Gasteiger partial charge in [0.15, 0.2) is 0 Å². The fourth-order valence-electron chi connectivity index (χ4n) is 2.37. The third kappa shape index (κ3) is 6.39. The van der Waals surface area contributed by atoms with Gasteiger partial charge in [0.2, 0.25) is 0 Å². The van der Waals surface area contributed by atoms with Gasteiger partial charge < -0.3 is 10.1 Å². The highest BCUT2D eigenvalue weighted by Gasteiger charge is 2.21. The molecule has 0 bridgehead atoms. The Morgan fingerprint density at radius 1 is 1.12 bits per heavy atom. The first kappa shape index (κ1) is 14.9. The van der Waals surface area contributed by atoms with Crippen LogP contribution in [-0.2, 0) is 4.74 Å². The van der Waals surface area contributed by atoms with Crippen LogP contribution >= 0.6 is 0 Å². The number of hydrogen-bond donors (Lipinski definition) is 1. The van der Waals surface area contributed by atoms with Crippen LogP contribution in [0.15, 0.2) is 0 Å². The maximum absolute atomic E-state index is 5.38. The van der Waals surface area contributed by atoms with Crippen LogP contribution in [0.5, 0.6) is 0 Å².